The van der Waals surface area contributed by atoms with Crippen LogP contribution in [0.2, 0.25) is 0 Å². The second-order valence-corrected chi connectivity index (χ2v) is 7.04. The third-order valence-electron chi connectivity index (χ3n) is 3.47. The van der Waals surface area contributed by atoms with Crippen LogP contribution in [0.15, 0.2) is 21.4 Å². The summed E-state index contributed by atoms with van der Waals surface area (Å²) in [6.45, 7) is 6.58. The van der Waals surface area contributed by atoms with E-state index < -0.39 is 0 Å². The van der Waals surface area contributed by atoms with Crippen molar-refractivity contribution >= 4 is 64.1 Å². The Morgan fingerprint density at radius 2 is 2.14 bits per heavy atom. The largest absolute Gasteiger partial charge is 0.397 e. The maximum Gasteiger partial charge on any atom is 0.266 e. The number of rotatable bonds is 4. The van der Waals surface area contributed by atoms with Gasteiger partial charge in [-0.15, -0.1) is 0 Å². The third kappa shape index (κ3) is 3.06. The number of nitrogens with zero attached hydrogens (tertiary/aromatic N) is 2. The molecule has 1 aliphatic rings. The normalized spacial score (nSPS) is 16.9. The number of hydrogen-bond acceptors (Lipinski definition) is 6. The first kappa shape index (κ1) is 17.1. The molecule has 1 fully saturated rings. The average Bonchev–Trinajstić information content (AvgIpc) is 2.73. The van der Waals surface area contributed by atoms with Gasteiger partial charge in [0.25, 0.3) is 5.91 Å². The molecule has 1 saturated heterocycles. The highest BCUT2D eigenvalue weighted by atomic mass is 32.2. The number of anilines is 1. The van der Waals surface area contributed by atoms with E-state index in [-0.39, 0.29) is 11.8 Å². The summed E-state index contributed by atoms with van der Waals surface area (Å²) in [4.78, 5) is 14.4. The summed E-state index contributed by atoms with van der Waals surface area (Å²) in [5, 5.41) is 0. The van der Waals surface area contributed by atoms with Gasteiger partial charge >= 0.3 is 0 Å². The number of carbonyl (C=O) groups excluding carboxylic acids is 1. The Labute approximate surface area is 145 Å². The van der Waals surface area contributed by atoms with E-state index in [9.17, 15) is 4.79 Å². The number of amides is 1. The van der Waals surface area contributed by atoms with E-state index in [4.69, 9.17) is 30.4 Å². The predicted octanol–water partition coefficient (Wildman–Crippen LogP) is 3.98. The van der Waals surface area contributed by atoms with E-state index in [1.807, 2.05) is 19.1 Å². The Hall–Kier alpha value is -1.31. The minimum atomic E-state index is -0.0840. The van der Waals surface area contributed by atoms with Crippen molar-refractivity contribution in [1.82, 2.24) is 4.90 Å². The van der Waals surface area contributed by atoms with Crippen LogP contribution in [0.3, 0.4) is 0 Å². The molecule has 2 rings (SSSR count). The van der Waals surface area contributed by atoms with Gasteiger partial charge in [0, 0.05) is 24.5 Å². The number of carbonyl (C=O) groups is 1. The molecule has 1 aromatic rings. The topological polar surface area (TPSA) is 58.7 Å². The second-order valence-electron chi connectivity index (χ2n) is 5.18. The van der Waals surface area contributed by atoms with Crippen LogP contribution in [0, 0.1) is 0 Å². The van der Waals surface area contributed by atoms with Gasteiger partial charge in [0.05, 0.1) is 10.6 Å². The number of nitrogen functional groups attached to an aromatic ring is 1. The Balaban J connectivity index is 2.49. The van der Waals surface area contributed by atoms with Crippen LogP contribution in [0.5, 0.6) is 0 Å². The van der Waals surface area contributed by atoms with Gasteiger partial charge in [-0.25, -0.2) is 0 Å². The van der Waals surface area contributed by atoms with Crippen LogP contribution in [-0.2, 0) is 17.2 Å². The van der Waals surface area contributed by atoms with Crippen LogP contribution in [0.1, 0.15) is 37.8 Å². The molecule has 0 bridgehead atoms. The molecule has 0 unspecified atom stereocenters. The van der Waals surface area contributed by atoms with Crippen molar-refractivity contribution in [3.05, 3.63) is 28.2 Å². The molecule has 2 N–H and O–H groups in total. The SMILES string of the molecule is CCN1C(=O)/C(=C/c2ccc(C(C)C)c(N)c2N=S)SC1=S. The number of hydrogen-bond donors (Lipinski definition) is 1. The lowest BCUT2D eigenvalue weighted by Gasteiger charge is -2.13. The molecule has 22 heavy (non-hydrogen) atoms. The van der Waals surface area contributed by atoms with Crippen LogP contribution in [0.25, 0.3) is 6.08 Å². The van der Waals surface area contributed by atoms with Crippen molar-refractivity contribution in [3.8, 4) is 0 Å². The van der Waals surface area contributed by atoms with Gasteiger partial charge in [-0.1, -0.05) is 50.0 Å². The Bertz CT molecular complexity index is 683. The summed E-state index contributed by atoms with van der Waals surface area (Å²) in [7, 11) is 0. The third-order valence-corrected chi connectivity index (χ3v) is 5.03. The lowest BCUT2D eigenvalue weighted by Crippen LogP contribution is -2.27. The van der Waals surface area contributed by atoms with Gasteiger partial charge in [-0.05, 0) is 24.5 Å². The first-order valence-electron chi connectivity index (χ1n) is 6.91. The van der Waals surface area contributed by atoms with Crippen LogP contribution in [0.4, 0.5) is 11.4 Å². The highest BCUT2D eigenvalue weighted by Crippen LogP contribution is 2.38. The zero-order valence-corrected chi connectivity index (χ0v) is 15.1. The van der Waals surface area contributed by atoms with Gasteiger partial charge in [0.1, 0.15) is 10.0 Å². The molecule has 0 aromatic heterocycles. The molecule has 116 valence electrons. The molecule has 0 saturated carbocycles. The summed E-state index contributed by atoms with van der Waals surface area (Å²) in [5.41, 5.74) is 9.03. The van der Waals surface area contributed by atoms with E-state index in [1.165, 1.54) is 11.8 Å². The van der Waals surface area contributed by atoms with Crippen molar-refractivity contribution in [2.75, 3.05) is 12.3 Å². The minimum Gasteiger partial charge on any atom is -0.397 e. The zero-order chi connectivity index (χ0) is 16.4. The van der Waals surface area contributed by atoms with Crippen LogP contribution < -0.4 is 5.73 Å². The van der Waals surface area contributed by atoms with Crippen LogP contribution in [-0.4, -0.2) is 21.7 Å². The van der Waals surface area contributed by atoms with E-state index >= 15 is 0 Å². The van der Waals surface area contributed by atoms with Crippen molar-refractivity contribution < 1.29 is 4.79 Å². The average molecular weight is 352 g/mol. The summed E-state index contributed by atoms with van der Waals surface area (Å²) >= 11 is 11.4. The van der Waals surface area contributed by atoms with E-state index in [1.54, 1.807) is 11.0 Å². The molecule has 0 aliphatic carbocycles. The fourth-order valence-electron chi connectivity index (χ4n) is 2.28. The zero-order valence-electron chi connectivity index (χ0n) is 12.6. The van der Waals surface area contributed by atoms with Crippen molar-refractivity contribution in [3.63, 3.8) is 0 Å². The fraction of sp³-hybridized carbons (Fsp3) is 0.333. The molecule has 1 aromatic carbocycles. The van der Waals surface area contributed by atoms with Gasteiger partial charge in [0.15, 0.2) is 0 Å². The maximum absolute atomic E-state index is 12.3. The number of thiocarbonyl (C=S) groups is 1. The first-order chi connectivity index (χ1) is 10.4. The lowest BCUT2D eigenvalue weighted by atomic mass is 9.97. The molecule has 1 heterocycles. The number of nitrogens with two attached hydrogens (primary N) is 1. The molecule has 0 atom stereocenters. The predicted molar refractivity (Wildman–Crippen MR) is 99.9 cm³/mol. The van der Waals surface area contributed by atoms with E-state index in [0.717, 1.165) is 11.1 Å². The number of benzene rings is 1. The van der Waals surface area contributed by atoms with Crippen LogP contribution >= 0.6 is 24.0 Å². The van der Waals surface area contributed by atoms with E-state index in [0.29, 0.717) is 27.1 Å². The maximum atomic E-state index is 12.3. The summed E-state index contributed by atoms with van der Waals surface area (Å²) in [6.07, 6.45) is 1.76. The van der Waals surface area contributed by atoms with Crippen molar-refractivity contribution in [2.45, 2.75) is 26.7 Å². The second kappa shape index (κ2) is 6.85. The summed E-state index contributed by atoms with van der Waals surface area (Å²) in [6, 6.07) is 3.85. The minimum absolute atomic E-state index is 0.0840. The van der Waals surface area contributed by atoms with Crippen molar-refractivity contribution in [2.24, 2.45) is 4.36 Å². The fourth-order valence-corrected chi connectivity index (χ4v) is 3.86. The molecule has 0 radical (unpaired) electrons. The highest BCUT2D eigenvalue weighted by Gasteiger charge is 2.30. The number of likely N-dealkylation sites (N-methyl/N-ethyl adjacent to an activating group) is 1. The molecule has 7 heteroatoms. The number of thioether (sulfide) groups is 1. The molecule has 1 amide bonds. The standard InChI is InChI=1S/C15H17N3OS3/c1-4-18-14(19)11(22-15(18)20)7-9-5-6-10(8(2)3)12(16)13(9)17-21/h5-8H,4,16H2,1-3H3/b11-7-. The molecule has 0 spiro atoms. The van der Waals surface area contributed by atoms with Gasteiger partial charge < -0.3 is 5.73 Å². The Morgan fingerprint density at radius 1 is 1.45 bits per heavy atom. The Morgan fingerprint density at radius 3 is 2.64 bits per heavy atom. The smallest absolute Gasteiger partial charge is 0.266 e. The van der Waals surface area contributed by atoms with Gasteiger partial charge in [-0.3, -0.25) is 9.69 Å². The Kier molecular flexibility index (Phi) is 5.31. The van der Waals surface area contributed by atoms with Gasteiger partial charge in [0.2, 0.25) is 0 Å². The molecular formula is C15H17N3OS3. The summed E-state index contributed by atoms with van der Waals surface area (Å²) in [5.74, 6) is 0.196. The lowest BCUT2D eigenvalue weighted by molar-refractivity contribution is -0.121. The monoisotopic (exact) mass is 351 g/mol. The molecular weight excluding hydrogens is 334 g/mol. The van der Waals surface area contributed by atoms with E-state index in [2.05, 4.69) is 18.2 Å². The highest BCUT2D eigenvalue weighted by molar-refractivity contribution is 8.26. The first-order valence-corrected chi connectivity index (χ1v) is 8.50. The summed E-state index contributed by atoms with van der Waals surface area (Å²) < 4.78 is 4.46. The molecule has 4 nitrogen and oxygen atoms in total. The van der Waals surface area contributed by atoms with Crippen molar-refractivity contribution in [1.29, 1.82) is 0 Å². The quantitative estimate of drug-likeness (QED) is 0.505. The van der Waals surface area contributed by atoms with Gasteiger partial charge in [-0.2, -0.15) is 4.36 Å². The molecule has 1 aliphatic heterocycles.